The van der Waals surface area contributed by atoms with Gasteiger partial charge in [0, 0.05) is 6.04 Å². The number of hydrogen-bond acceptors (Lipinski definition) is 4. The lowest BCUT2D eigenvalue weighted by Gasteiger charge is -2.33. The maximum Gasteiger partial charge on any atom is 0.322 e. The Morgan fingerprint density at radius 3 is 2.80 bits per heavy atom. The smallest absolute Gasteiger partial charge is 0.322 e. The van der Waals surface area contributed by atoms with Crippen molar-refractivity contribution < 1.29 is 9.53 Å². The first-order chi connectivity index (χ1) is 7.19. The molecule has 1 saturated carbocycles. The van der Waals surface area contributed by atoms with Crippen LogP contribution in [0.3, 0.4) is 0 Å². The Balaban J connectivity index is 2.43. The second kappa shape index (κ2) is 6.08. The molecule has 15 heavy (non-hydrogen) atoms. The lowest BCUT2D eigenvalue weighted by atomic mass is 9.84. The standard InChI is InChI=1S/C11H22N2O2/c1-8(11(14)15-2)13-10-6-4-3-5-9(10)7-12/h8-10,13H,3-7,12H2,1-2H3. The van der Waals surface area contributed by atoms with E-state index in [0.717, 1.165) is 6.42 Å². The summed E-state index contributed by atoms with van der Waals surface area (Å²) >= 11 is 0. The van der Waals surface area contributed by atoms with Gasteiger partial charge in [0.05, 0.1) is 7.11 Å². The Labute approximate surface area is 91.5 Å². The van der Waals surface area contributed by atoms with Crippen LogP contribution in [0.1, 0.15) is 32.6 Å². The first kappa shape index (κ1) is 12.5. The molecule has 1 aliphatic carbocycles. The monoisotopic (exact) mass is 214 g/mol. The average Bonchev–Trinajstić information content (AvgIpc) is 2.28. The van der Waals surface area contributed by atoms with E-state index in [9.17, 15) is 4.79 Å². The molecule has 88 valence electrons. The summed E-state index contributed by atoms with van der Waals surface area (Å²) in [6.45, 7) is 2.54. The zero-order valence-corrected chi connectivity index (χ0v) is 9.66. The van der Waals surface area contributed by atoms with Gasteiger partial charge in [0.1, 0.15) is 6.04 Å². The number of carbonyl (C=O) groups excluding carboxylic acids is 1. The Kier molecular flexibility index (Phi) is 5.05. The molecule has 1 rings (SSSR count). The molecule has 4 nitrogen and oxygen atoms in total. The highest BCUT2D eigenvalue weighted by Gasteiger charge is 2.26. The first-order valence-corrected chi connectivity index (χ1v) is 5.73. The van der Waals surface area contributed by atoms with Gasteiger partial charge >= 0.3 is 5.97 Å². The first-order valence-electron chi connectivity index (χ1n) is 5.73. The van der Waals surface area contributed by atoms with E-state index in [-0.39, 0.29) is 12.0 Å². The summed E-state index contributed by atoms with van der Waals surface area (Å²) in [4.78, 5) is 11.3. The van der Waals surface area contributed by atoms with Crippen molar-refractivity contribution in [1.29, 1.82) is 0 Å². The van der Waals surface area contributed by atoms with Crippen molar-refractivity contribution in [3.05, 3.63) is 0 Å². The molecule has 0 saturated heterocycles. The van der Waals surface area contributed by atoms with Crippen molar-refractivity contribution in [2.24, 2.45) is 11.7 Å². The van der Waals surface area contributed by atoms with E-state index >= 15 is 0 Å². The molecule has 0 aromatic rings. The van der Waals surface area contributed by atoms with Crippen LogP contribution < -0.4 is 11.1 Å². The summed E-state index contributed by atoms with van der Waals surface area (Å²) in [7, 11) is 1.42. The van der Waals surface area contributed by atoms with Gasteiger partial charge in [-0.25, -0.2) is 0 Å². The largest absolute Gasteiger partial charge is 0.468 e. The fourth-order valence-electron chi connectivity index (χ4n) is 2.28. The second-order valence-corrected chi connectivity index (χ2v) is 4.30. The predicted octanol–water partition coefficient (Wildman–Crippen LogP) is 0.655. The molecule has 3 N–H and O–H groups in total. The fourth-order valence-corrected chi connectivity index (χ4v) is 2.28. The molecular formula is C11H22N2O2. The van der Waals surface area contributed by atoms with Crippen molar-refractivity contribution >= 4 is 5.97 Å². The third kappa shape index (κ3) is 3.47. The molecule has 3 atom stereocenters. The fraction of sp³-hybridized carbons (Fsp3) is 0.909. The molecular weight excluding hydrogens is 192 g/mol. The van der Waals surface area contributed by atoms with Gasteiger partial charge in [0.2, 0.25) is 0 Å². The van der Waals surface area contributed by atoms with Crippen LogP contribution in [-0.4, -0.2) is 31.7 Å². The Hall–Kier alpha value is -0.610. The normalized spacial score (nSPS) is 28.5. The highest BCUT2D eigenvalue weighted by molar-refractivity contribution is 5.75. The number of ether oxygens (including phenoxy) is 1. The number of nitrogens with two attached hydrogens (primary N) is 1. The maximum atomic E-state index is 11.3. The van der Waals surface area contributed by atoms with E-state index in [2.05, 4.69) is 10.1 Å². The lowest BCUT2D eigenvalue weighted by molar-refractivity contribution is -0.143. The third-order valence-electron chi connectivity index (χ3n) is 3.23. The van der Waals surface area contributed by atoms with Crippen LogP contribution in [0.5, 0.6) is 0 Å². The molecule has 1 fully saturated rings. The topological polar surface area (TPSA) is 64.3 Å². The minimum atomic E-state index is -0.229. The summed E-state index contributed by atoms with van der Waals surface area (Å²) in [6.07, 6.45) is 4.76. The van der Waals surface area contributed by atoms with Crippen LogP contribution in [0.4, 0.5) is 0 Å². The summed E-state index contributed by atoms with van der Waals surface area (Å²) in [5.74, 6) is 0.308. The van der Waals surface area contributed by atoms with Crippen molar-refractivity contribution in [3.63, 3.8) is 0 Å². The second-order valence-electron chi connectivity index (χ2n) is 4.30. The lowest BCUT2D eigenvalue weighted by Crippen LogP contribution is -2.48. The number of hydrogen-bond donors (Lipinski definition) is 2. The summed E-state index contributed by atoms with van der Waals surface area (Å²) < 4.78 is 4.69. The highest BCUT2D eigenvalue weighted by Crippen LogP contribution is 2.23. The van der Waals surface area contributed by atoms with Crippen LogP contribution in [0, 0.1) is 5.92 Å². The molecule has 0 bridgehead atoms. The number of carbonyl (C=O) groups is 1. The van der Waals surface area contributed by atoms with Gasteiger partial charge in [-0.05, 0) is 32.2 Å². The third-order valence-corrected chi connectivity index (χ3v) is 3.23. The summed E-state index contributed by atoms with van der Waals surface area (Å²) in [5.41, 5.74) is 5.72. The molecule has 4 heteroatoms. The molecule has 0 aromatic carbocycles. The molecule has 0 aliphatic heterocycles. The van der Waals surface area contributed by atoms with E-state index in [0.29, 0.717) is 18.5 Å². The van der Waals surface area contributed by atoms with Crippen LogP contribution in [0.15, 0.2) is 0 Å². The van der Waals surface area contributed by atoms with E-state index < -0.39 is 0 Å². The van der Waals surface area contributed by atoms with Crippen molar-refractivity contribution in [2.45, 2.75) is 44.7 Å². The van der Waals surface area contributed by atoms with Gasteiger partial charge in [-0.2, -0.15) is 0 Å². The van der Waals surface area contributed by atoms with Crippen LogP contribution in [-0.2, 0) is 9.53 Å². The van der Waals surface area contributed by atoms with Crippen molar-refractivity contribution in [1.82, 2.24) is 5.32 Å². The molecule has 0 spiro atoms. The van der Waals surface area contributed by atoms with Crippen LogP contribution in [0.2, 0.25) is 0 Å². The Morgan fingerprint density at radius 2 is 2.20 bits per heavy atom. The minimum absolute atomic E-state index is 0.198. The van der Waals surface area contributed by atoms with E-state index in [4.69, 9.17) is 5.73 Å². The quantitative estimate of drug-likeness (QED) is 0.675. The van der Waals surface area contributed by atoms with Crippen LogP contribution >= 0.6 is 0 Å². The number of esters is 1. The number of methoxy groups -OCH3 is 1. The number of nitrogens with one attached hydrogen (secondary N) is 1. The Morgan fingerprint density at radius 1 is 1.53 bits per heavy atom. The van der Waals surface area contributed by atoms with Gasteiger partial charge in [-0.15, -0.1) is 0 Å². The molecule has 0 amide bonds. The van der Waals surface area contributed by atoms with E-state index in [1.54, 1.807) is 0 Å². The van der Waals surface area contributed by atoms with Gasteiger partial charge in [0.25, 0.3) is 0 Å². The summed E-state index contributed by atoms with van der Waals surface area (Å²) in [5, 5.41) is 3.32. The molecule has 3 unspecified atom stereocenters. The van der Waals surface area contributed by atoms with Crippen LogP contribution in [0.25, 0.3) is 0 Å². The SMILES string of the molecule is COC(=O)C(C)NC1CCCCC1CN. The van der Waals surface area contributed by atoms with Gasteiger partial charge in [0.15, 0.2) is 0 Å². The van der Waals surface area contributed by atoms with Crippen molar-refractivity contribution in [2.75, 3.05) is 13.7 Å². The molecule has 0 radical (unpaired) electrons. The molecule has 0 aromatic heterocycles. The Bertz CT molecular complexity index is 209. The predicted molar refractivity (Wildman–Crippen MR) is 59.4 cm³/mol. The van der Waals surface area contributed by atoms with E-state index in [1.807, 2.05) is 6.92 Å². The highest BCUT2D eigenvalue weighted by atomic mass is 16.5. The average molecular weight is 214 g/mol. The zero-order valence-electron chi connectivity index (χ0n) is 9.66. The molecule has 1 aliphatic rings. The maximum absolute atomic E-state index is 11.3. The van der Waals surface area contributed by atoms with Gasteiger partial charge in [-0.3, -0.25) is 4.79 Å². The van der Waals surface area contributed by atoms with Gasteiger partial charge < -0.3 is 15.8 Å². The molecule has 0 heterocycles. The van der Waals surface area contributed by atoms with Gasteiger partial charge in [-0.1, -0.05) is 12.8 Å². The zero-order chi connectivity index (χ0) is 11.3. The van der Waals surface area contributed by atoms with Crippen molar-refractivity contribution in [3.8, 4) is 0 Å². The van der Waals surface area contributed by atoms with E-state index in [1.165, 1.54) is 26.4 Å². The summed E-state index contributed by atoms with van der Waals surface area (Å²) in [6, 6.07) is 0.144. The number of rotatable bonds is 4. The minimum Gasteiger partial charge on any atom is -0.468 e.